The summed E-state index contributed by atoms with van der Waals surface area (Å²) in [6, 6.07) is 38.8. The number of carbonyl (C=O) groups is 5. The molecule has 15 heterocycles. The fraction of sp³-hybridized carbons (Fsp3) is 0.391. The van der Waals surface area contributed by atoms with Gasteiger partial charge in [0.25, 0.3) is 29.5 Å². The fourth-order valence-electron chi connectivity index (χ4n) is 19.4. The Bertz CT molecular complexity index is 7280. The minimum absolute atomic E-state index is 0.233. The molecule has 0 radical (unpaired) electrons. The maximum atomic E-state index is 13.0. The Morgan fingerprint density at radius 1 is 0.349 bits per heavy atom. The number of fused-ring (bicyclic) bond motifs is 5. The summed E-state index contributed by atoms with van der Waals surface area (Å²) >= 11 is 25.8. The number of hydrogen-bond acceptors (Lipinski definition) is 22. The Morgan fingerprint density at radius 3 is 0.849 bits per heavy atom. The Labute approximate surface area is 871 Å². The number of halogens is 4. The highest BCUT2D eigenvalue weighted by atomic mass is 35.5. The van der Waals surface area contributed by atoms with Crippen LogP contribution in [-0.2, 0) is 0 Å². The van der Waals surface area contributed by atoms with Gasteiger partial charge in [-0.2, -0.15) is 25.5 Å². The molecule has 20 rings (SSSR count). The Hall–Kier alpha value is -13.3. The van der Waals surface area contributed by atoms with Crippen LogP contribution in [0.2, 0.25) is 20.1 Å². The minimum Gasteiger partial charge on any atom is -0.495 e. The van der Waals surface area contributed by atoms with Crippen molar-refractivity contribution < 1.29 is 33.4 Å². The molecule has 5 saturated heterocycles. The highest BCUT2D eigenvalue weighted by molar-refractivity contribution is 6.40. The van der Waals surface area contributed by atoms with E-state index in [0.717, 1.165) is 247 Å². The lowest BCUT2D eigenvalue weighted by atomic mass is 10.0. The standard InChI is InChI=1S/C23H28ClN5O.C23H29N5O2.C22H22ClN5O.C22H27N5O2.C20H21Cl2N5O/c1-14(2)16-5-7-17(8-6-16)26-23(30)19-13-25-22-20(21(19)24)15(3)27-29(22)18-9-11-28(4)12-10-18;1-5-30-21-19(23(29)25-17-8-6-15(2)7-9-17)14-24-22-20(21)16(3)26-28(22)18-10-12-27(4)13-11-18;1-4-15-5-7-16(8-6-15)25-22(29)18-13-24-21-19(20(18)23)14(2)26-28(21)17-9-11-27(3)12-10-17;1-14-5-7-16(8-6-14)24-22(28)18-13-23-21-19(20(18)29-4)15(2)25-27(21)17-9-11-26(3)12-10-17;1-12-17-18(22)16(20(28)24-14-5-3-13(21)4-6-14)11-23-19(17)27(25-12)15-7-9-26(2)10-8-15/h5-8,13-14,18H,9-12H2,1-4H3,(H,26,30);6-9,14,18H,5,10-13H2,1-4H3,(H,25,29);1,5-8,13,17H,9-12H2,2-3H3,(H,25,29);5-8,13,17H,9-12H2,1-4H3,(H,24,28);3-6,11,15H,7-10H2,1-2H3,(H,24,28). The van der Waals surface area contributed by atoms with Crippen molar-refractivity contribution in [2.45, 2.75) is 170 Å². The first kappa shape index (κ1) is 105. The van der Waals surface area contributed by atoms with Crippen LogP contribution in [0.15, 0.2) is 152 Å². The van der Waals surface area contributed by atoms with E-state index >= 15 is 0 Å². The maximum Gasteiger partial charge on any atom is 0.261 e. The van der Waals surface area contributed by atoms with Crippen molar-refractivity contribution in [2.24, 2.45) is 0 Å². The number of piperidine rings is 5. The molecule has 5 N–H and O–H groups in total. The lowest BCUT2D eigenvalue weighted by molar-refractivity contribution is 0.101. The average molecular weight is 2050 g/mol. The lowest BCUT2D eigenvalue weighted by Crippen LogP contribution is -2.32. The van der Waals surface area contributed by atoms with Gasteiger partial charge in [-0.25, -0.2) is 48.3 Å². The SMILES string of the molecule is C#Cc1ccc(NC(=O)c2cnc3c(c(C)nn3C3CCN(C)CC3)c2Cl)cc1.CCOc1c(C(=O)Nc2ccc(C)cc2)cnc2c1c(C)nn2C1CCN(C)CC1.COc1c(C(=O)Nc2ccc(C)cc2)cnc2c1c(C)nn2C1CCN(C)CC1.Cc1nn(C2CCN(C)CC2)c2ncc(C(=O)Nc3ccc(C(C)C)cc3)c(Cl)c12.Cc1nn(C2CCN(C)CC2)c2ncc(C(=O)Nc3ccc(Cl)cc3)c(Cl)c12. The molecule has 5 aromatic carbocycles. The van der Waals surface area contributed by atoms with E-state index in [2.05, 4.69) is 131 Å². The zero-order valence-electron chi connectivity index (χ0n) is 85.6. The molecule has 0 aliphatic carbocycles. The zero-order valence-corrected chi connectivity index (χ0v) is 88.7. The number of nitrogens with zero attached hydrogens (tertiary/aromatic N) is 20. The number of methoxy groups -OCH3 is 1. The third-order valence-electron chi connectivity index (χ3n) is 27.9. The molecule has 5 aliphatic heterocycles. The summed E-state index contributed by atoms with van der Waals surface area (Å²) in [5, 5.41) is 43.8. The molecule has 32 nitrogen and oxygen atoms in total. The van der Waals surface area contributed by atoms with Crippen LogP contribution >= 0.6 is 46.4 Å². The number of amides is 5. The van der Waals surface area contributed by atoms with E-state index in [4.69, 9.17) is 87.8 Å². The highest BCUT2D eigenvalue weighted by Gasteiger charge is 2.34. The second kappa shape index (κ2) is 47.0. The fourth-order valence-corrected chi connectivity index (χ4v) is 20.6. The second-order valence-electron chi connectivity index (χ2n) is 38.9. The molecule has 5 fully saturated rings. The van der Waals surface area contributed by atoms with Crippen molar-refractivity contribution in [3.05, 3.63) is 251 Å². The van der Waals surface area contributed by atoms with E-state index < -0.39 is 0 Å². The van der Waals surface area contributed by atoms with Gasteiger partial charge in [0.2, 0.25) is 0 Å². The molecule has 36 heteroatoms. The molecular weight excluding hydrogens is 1930 g/mol. The minimum atomic E-state index is -0.315. The summed E-state index contributed by atoms with van der Waals surface area (Å²) in [5.74, 6) is 2.71. The molecule has 0 atom stereocenters. The first-order chi connectivity index (χ1) is 70.2. The van der Waals surface area contributed by atoms with Crippen molar-refractivity contribution in [3.8, 4) is 23.8 Å². The number of anilines is 5. The molecule has 5 amide bonds. The predicted molar refractivity (Wildman–Crippen MR) is 581 cm³/mol. The van der Waals surface area contributed by atoms with Gasteiger partial charge < -0.3 is 60.6 Å². The normalized spacial score (nSPS) is 15.6. The third-order valence-corrected chi connectivity index (χ3v) is 29.4. The number of ether oxygens (including phenoxy) is 2. The number of aromatic nitrogens is 15. The molecular formula is C110H127Cl4N25O7. The van der Waals surface area contributed by atoms with E-state index in [1.807, 2.05) is 152 Å². The summed E-state index contributed by atoms with van der Waals surface area (Å²) < 4.78 is 21.6. The van der Waals surface area contributed by atoms with Gasteiger partial charge in [-0.3, -0.25) is 24.0 Å². The number of carbonyl (C=O) groups excluding carboxylic acids is 5. The van der Waals surface area contributed by atoms with Crippen molar-refractivity contribution in [2.75, 3.05) is 141 Å². The van der Waals surface area contributed by atoms with Crippen LogP contribution in [0.25, 0.3) is 55.2 Å². The molecule has 0 saturated carbocycles. The summed E-state index contributed by atoms with van der Waals surface area (Å²) in [6.45, 7) is 30.7. The van der Waals surface area contributed by atoms with Crippen LogP contribution in [0.1, 0.15) is 224 Å². The van der Waals surface area contributed by atoms with Crippen molar-refractivity contribution in [1.82, 2.24) is 98.3 Å². The first-order valence-electron chi connectivity index (χ1n) is 49.8. The smallest absolute Gasteiger partial charge is 0.261 e. The molecule has 146 heavy (non-hydrogen) atoms. The van der Waals surface area contributed by atoms with E-state index in [1.54, 1.807) is 74.2 Å². The van der Waals surface area contributed by atoms with Gasteiger partial charge in [0.15, 0.2) is 28.2 Å². The maximum absolute atomic E-state index is 13.0. The molecule has 15 aromatic rings. The van der Waals surface area contributed by atoms with Crippen LogP contribution in [0.3, 0.4) is 0 Å². The van der Waals surface area contributed by atoms with E-state index in [1.165, 1.54) is 18.0 Å². The van der Waals surface area contributed by atoms with Crippen LogP contribution in [0, 0.1) is 60.8 Å². The number of benzene rings is 5. The number of hydrogen-bond donors (Lipinski definition) is 5. The quantitative estimate of drug-likeness (QED) is 0.0470. The molecule has 0 spiro atoms. The summed E-state index contributed by atoms with van der Waals surface area (Å²) in [4.78, 5) is 99.0. The van der Waals surface area contributed by atoms with Gasteiger partial charge in [-0.1, -0.05) is 114 Å². The average Bonchev–Trinajstić information content (AvgIpc) is 1.61. The molecule has 762 valence electrons. The first-order valence-corrected chi connectivity index (χ1v) is 51.3. The zero-order chi connectivity index (χ0) is 104. The summed E-state index contributed by atoms with van der Waals surface area (Å²) in [6.07, 6.45) is 23.5. The Morgan fingerprint density at radius 2 is 0.582 bits per heavy atom. The molecule has 10 aromatic heterocycles. The van der Waals surface area contributed by atoms with E-state index in [-0.39, 0.29) is 29.5 Å². The van der Waals surface area contributed by atoms with Crippen LogP contribution in [0.5, 0.6) is 11.5 Å². The van der Waals surface area contributed by atoms with Crippen molar-refractivity contribution in [1.29, 1.82) is 0 Å². The number of likely N-dealkylation sites (tertiary alicyclic amines) is 5. The van der Waals surface area contributed by atoms with E-state index in [9.17, 15) is 24.0 Å². The van der Waals surface area contributed by atoms with Crippen molar-refractivity contribution >= 4 is 160 Å². The van der Waals surface area contributed by atoms with Gasteiger partial charge in [-0.15, -0.1) is 6.42 Å². The summed E-state index contributed by atoms with van der Waals surface area (Å²) in [5.41, 5.74) is 17.4. The van der Waals surface area contributed by atoms with Crippen LogP contribution in [0.4, 0.5) is 28.4 Å². The lowest BCUT2D eigenvalue weighted by Gasteiger charge is -2.29. The van der Waals surface area contributed by atoms with Crippen LogP contribution < -0.4 is 36.1 Å². The second-order valence-corrected chi connectivity index (χ2v) is 40.5. The van der Waals surface area contributed by atoms with E-state index in [0.29, 0.717) is 114 Å². The number of rotatable bonds is 19. The number of aryl methyl sites for hydroxylation is 7. The number of nitrogens with one attached hydrogen (secondary N) is 5. The Balaban J connectivity index is 0.000000131. The van der Waals surface area contributed by atoms with Gasteiger partial charge in [0, 0.05) is 70.0 Å². The van der Waals surface area contributed by atoms with Crippen molar-refractivity contribution in [3.63, 3.8) is 0 Å². The van der Waals surface area contributed by atoms with Gasteiger partial charge in [0.05, 0.1) is 131 Å². The highest BCUT2D eigenvalue weighted by Crippen LogP contribution is 2.42. The Kier molecular flexibility index (Phi) is 34.0. The topological polar surface area (TPSA) is 334 Å². The van der Waals surface area contributed by atoms with Gasteiger partial charge in [0.1, 0.15) is 22.6 Å². The number of terminal acetylenes is 1. The van der Waals surface area contributed by atoms with Gasteiger partial charge in [-0.05, 0) is 317 Å². The predicted octanol–water partition coefficient (Wildman–Crippen LogP) is 21.0. The van der Waals surface area contributed by atoms with Crippen LogP contribution in [-0.4, -0.2) is 242 Å². The molecule has 0 unspecified atom stereocenters. The monoisotopic (exact) mass is 2050 g/mol. The largest absolute Gasteiger partial charge is 0.495 e. The number of pyridine rings is 5. The summed E-state index contributed by atoms with van der Waals surface area (Å²) in [7, 11) is 12.3. The third kappa shape index (κ3) is 24.0. The molecule has 5 aliphatic rings. The van der Waals surface area contributed by atoms with Gasteiger partial charge >= 0.3 is 0 Å². The molecule has 0 bridgehead atoms.